The number of hydrogen-bond donors (Lipinski definition) is 1. The smallest absolute Gasteiger partial charge is 0.326 e. The van der Waals surface area contributed by atoms with E-state index in [1.54, 1.807) is 0 Å². The number of carboxylic acid groups (broad SMARTS) is 1. The molecule has 1 N–H and O–H groups in total. The highest BCUT2D eigenvalue weighted by atomic mass is 16.6. The molecule has 0 radical (unpaired) electrons. The zero-order valence-electron chi connectivity index (χ0n) is 10.8. The molecule has 8 nitrogen and oxygen atoms in total. The minimum Gasteiger partial charge on any atom is -0.480 e. The van der Waals surface area contributed by atoms with Crippen molar-refractivity contribution in [2.75, 3.05) is 0 Å². The standard InChI is InChI=1S/C12H12N2O6/c1-7-9(4-3-5-10(7)14(19)20)11(16)13(6-15)8(2)12(17)18/h3-6,8H,1-2H3,(H,17,18). The van der Waals surface area contributed by atoms with E-state index < -0.39 is 22.8 Å². The van der Waals surface area contributed by atoms with Gasteiger partial charge in [0.1, 0.15) is 6.04 Å². The predicted octanol–water partition coefficient (Wildman–Crippen LogP) is 0.975. The normalized spacial score (nSPS) is 11.5. The number of carbonyl (C=O) groups is 3. The molecule has 0 saturated heterocycles. The summed E-state index contributed by atoms with van der Waals surface area (Å²) in [5.74, 6) is -2.25. The fourth-order valence-electron chi connectivity index (χ4n) is 1.63. The largest absolute Gasteiger partial charge is 0.480 e. The van der Waals surface area contributed by atoms with Crippen LogP contribution in [0.5, 0.6) is 0 Å². The van der Waals surface area contributed by atoms with Gasteiger partial charge in [-0.2, -0.15) is 0 Å². The van der Waals surface area contributed by atoms with Crippen molar-refractivity contribution in [3.8, 4) is 0 Å². The Bertz CT molecular complexity index is 583. The molecule has 8 heteroatoms. The third-order valence-corrected chi connectivity index (χ3v) is 2.86. The SMILES string of the molecule is Cc1c(C(=O)N(C=O)C(C)C(=O)O)cccc1[N+](=O)[O-]. The summed E-state index contributed by atoms with van der Waals surface area (Å²) in [7, 11) is 0. The van der Waals surface area contributed by atoms with Crippen LogP contribution in [0.1, 0.15) is 22.8 Å². The van der Waals surface area contributed by atoms with Gasteiger partial charge in [0.05, 0.1) is 4.92 Å². The number of imide groups is 1. The number of nitrogens with zero attached hydrogens (tertiary/aromatic N) is 2. The van der Waals surface area contributed by atoms with Crippen LogP contribution in [0, 0.1) is 17.0 Å². The van der Waals surface area contributed by atoms with Crippen molar-refractivity contribution in [3.63, 3.8) is 0 Å². The van der Waals surface area contributed by atoms with Gasteiger partial charge in [0.15, 0.2) is 0 Å². The van der Waals surface area contributed by atoms with Crippen LogP contribution in [-0.4, -0.2) is 39.3 Å². The number of carbonyl (C=O) groups excluding carboxylic acids is 2. The molecule has 1 unspecified atom stereocenters. The summed E-state index contributed by atoms with van der Waals surface area (Å²) < 4.78 is 0. The summed E-state index contributed by atoms with van der Waals surface area (Å²) in [5.41, 5.74) is -0.281. The Kier molecular flexibility index (Phi) is 4.52. The topological polar surface area (TPSA) is 118 Å². The first-order valence-electron chi connectivity index (χ1n) is 5.56. The summed E-state index contributed by atoms with van der Waals surface area (Å²) in [4.78, 5) is 44.5. The van der Waals surface area contributed by atoms with Gasteiger partial charge < -0.3 is 5.11 Å². The fraction of sp³-hybridized carbons (Fsp3) is 0.250. The van der Waals surface area contributed by atoms with Crippen LogP contribution in [0.3, 0.4) is 0 Å². The van der Waals surface area contributed by atoms with Gasteiger partial charge >= 0.3 is 5.97 Å². The Hall–Kier alpha value is -2.77. The van der Waals surface area contributed by atoms with E-state index in [0.717, 1.165) is 0 Å². The molecular formula is C12H12N2O6. The fourth-order valence-corrected chi connectivity index (χ4v) is 1.63. The molecule has 0 aliphatic rings. The summed E-state index contributed by atoms with van der Waals surface area (Å²) >= 11 is 0. The van der Waals surface area contributed by atoms with Gasteiger partial charge in [-0.1, -0.05) is 6.07 Å². The molecule has 0 spiro atoms. The molecule has 1 aromatic rings. The second kappa shape index (κ2) is 5.91. The molecule has 2 amide bonds. The summed E-state index contributed by atoms with van der Waals surface area (Å²) in [5, 5.41) is 19.6. The molecule has 1 aromatic carbocycles. The van der Waals surface area contributed by atoms with Gasteiger partial charge in [-0.25, -0.2) is 4.79 Å². The Balaban J connectivity index is 3.27. The molecule has 0 fully saturated rings. The third kappa shape index (κ3) is 2.79. The summed E-state index contributed by atoms with van der Waals surface area (Å²) in [6.07, 6.45) is 0.0966. The summed E-state index contributed by atoms with van der Waals surface area (Å²) in [6, 6.07) is 2.46. The molecule has 1 rings (SSSR count). The van der Waals surface area contributed by atoms with Crippen molar-refractivity contribution < 1.29 is 24.4 Å². The van der Waals surface area contributed by atoms with Gasteiger partial charge in [-0.3, -0.25) is 24.6 Å². The quantitative estimate of drug-likeness (QED) is 0.488. The van der Waals surface area contributed by atoms with Crippen molar-refractivity contribution in [2.24, 2.45) is 0 Å². The van der Waals surface area contributed by atoms with E-state index in [9.17, 15) is 24.5 Å². The average molecular weight is 280 g/mol. The molecule has 0 aliphatic carbocycles. The third-order valence-electron chi connectivity index (χ3n) is 2.86. The number of nitro benzene ring substituents is 1. The average Bonchev–Trinajstić information content (AvgIpc) is 2.38. The van der Waals surface area contributed by atoms with E-state index in [1.165, 1.54) is 32.0 Å². The van der Waals surface area contributed by atoms with Crippen LogP contribution in [0.2, 0.25) is 0 Å². The number of carboxylic acids is 1. The van der Waals surface area contributed by atoms with E-state index in [1.807, 2.05) is 0 Å². The number of nitro groups is 1. The van der Waals surface area contributed by atoms with Crippen molar-refractivity contribution >= 4 is 24.0 Å². The highest BCUT2D eigenvalue weighted by Crippen LogP contribution is 2.22. The lowest BCUT2D eigenvalue weighted by molar-refractivity contribution is -0.385. The van der Waals surface area contributed by atoms with Crippen LogP contribution >= 0.6 is 0 Å². The van der Waals surface area contributed by atoms with E-state index in [4.69, 9.17) is 5.11 Å². The molecule has 0 heterocycles. The van der Waals surface area contributed by atoms with Crippen LogP contribution in [0.25, 0.3) is 0 Å². The molecular weight excluding hydrogens is 268 g/mol. The minimum absolute atomic E-state index is 0.0759. The van der Waals surface area contributed by atoms with Crippen LogP contribution in [0.15, 0.2) is 18.2 Å². The van der Waals surface area contributed by atoms with E-state index in [-0.39, 0.29) is 23.2 Å². The van der Waals surface area contributed by atoms with Gasteiger partial charge in [-0.05, 0) is 19.9 Å². The molecule has 106 valence electrons. The lowest BCUT2D eigenvalue weighted by Gasteiger charge is -2.20. The second-order valence-corrected chi connectivity index (χ2v) is 4.04. The zero-order chi connectivity index (χ0) is 15.4. The lowest BCUT2D eigenvalue weighted by Crippen LogP contribution is -2.42. The van der Waals surface area contributed by atoms with Crippen molar-refractivity contribution in [1.29, 1.82) is 0 Å². The van der Waals surface area contributed by atoms with E-state index >= 15 is 0 Å². The van der Waals surface area contributed by atoms with Gasteiger partial charge in [0, 0.05) is 17.2 Å². The second-order valence-electron chi connectivity index (χ2n) is 4.04. The molecule has 1 atom stereocenters. The number of aliphatic carboxylic acids is 1. The van der Waals surface area contributed by atoms with Crippen molar-refractivity contribution in [1.82, 2.24) is 4.90 Å². The Morgan fingerprint density at radius 2 is 2.05 bits per heavy atom. The van der Waals surface area contributed by atoms with Crippen molar-refractivity contribution in [3.05, 3.63) is 39.4 Å². The van der Waals surface area contributed by atoms with Crippen molar-refractivity contribution in [2.45, 2.75) is 19.9 Å². The Labute approximate surface area is 113 Å². The highest BCUT2D eigenvalue weighted by molar-refractivity contribution is 6.03. The minimum atomic E-state index is -1.36. The molecule has 0 aromatic heterocycles. The maximum Gasteiger partial charge on any atom is 0.326 e. The number of amides is 2. The number of rotatable bonds is 5. The van der Waals surface area contributed by atoms with Crippen LogP contribution < -0.4 is 0 Å². The lowest BCUT2D eigenvalue weighted by atomic mass is 10.1. The number of hydrogen-bond acceptors (Lipinski definition) is 5. The summed E-state index contributed by atoms with van der Waals surface area (Å²) in [6.45, 7) is 2.53. The maximum absolute atomic E-state index is 12.1. The molecule has 0 aliphatic heterocycles. The molecule has 0 bridgehead atoms. The van der Waals surface area contributed by atoms with E-state index in [2.05, 4.69) is 0 Å². The zero-order valence-corrected chi connectivity index (χ0v) is 10.8. The van der Waals surface area contributed by atoms with Crippen LogP contribution in [0.4, 0.5) is 5.69 Å². The molecule has 0 saturated carbocycles. The van der Waals surface area contributed by atoms with Gasteiger partial charge in [0.25, 0.3) is 11.6 Å². The highest BCUT2D eigenvalue weighted by Gasteiger charge is 2.28. The van der Waals surface area contributed by atoms with E-state index in [0.29, 0.717) is 4.90 Å². The first-order valence-corrected chi connectivity index (χ1v) is 5.56. The maximum atomic E-state index is 12.1. The van der Waals surface area contributed by atoms with Gasteiger partial charge in [-0.15, -0.1) is 0 Å². The first-order chi connectivity index (χ1) is 9.31. The molecule has 20 heavy (non-hydrogen) atoms. The Morgan fingerprint density at radius 3 is 2.50 bits per heavy atom. The monoisotopic (exact) mass is 280 g/mol. The first kappa shape index (κ1) is 15.3. The van der Waals surface area contributed by atoms with Crippen LogP contribution in [-0.2, 0) is 9.59 Å². The predicted molar refractivity (Wildman–Crippen MR) is 67.2 cm³/mol. The Morgan fingerprint density at radius 1 is 1.45 bits per heavy atom. The number of benzene rings is 1. The van der Waals surface area contributed by atoms with Gasteiger partial charge in [0.2, 0.25) is 6.41 Å².